The number of rotatable bonds is 10. The van der Waals surface area contributed by atoms with Gasteiger partial charge in [0.25, 0.3) is 0 Å². The summed E-state index contributed by atoms with van der Waals surface area (Å²) in [5, 5.41) is 9.87. The van der Waals surface area contributed by atoms with Gasteiger partial charge in [0.05, 0.1) is 18.8 Å². The Bertz CT molecular complexity index is 492. The number of aliphatic imine (C=N–C) groups is 1. The van der Waals surface area contributed by atoms with Crippen LogP contribution < -0.4 is 16.0 Å². The van der Waals surface area contributed by atoms with Gasteiger partial charge in [-0.3, -0.25) is 0 Å². The van der Waals surface area contributed by atoms with Gasteiger partial charge in [-0.1, -0.05) is 12.1 Å². The SMILES string of the molecule is CCNC(=NCc1ccc(NCCOC)cc1)NCC(C)(C)OC.I. The monoisotopic (exact) mass is 464 g/mol. The average Bonchev–Trinajstić information content (AvgIpc) is 2.59. The van der Waals surface area contributed by atoms with Gasteiger partial charge in [-0.15, -0.1) is 24.0 Å². The first kappa shape index (κ1) is 23.9. The van der Waals surface area contributed by atoms with Crippen molar-refractivity contribution in [3.8, 4) is 0 Å². The predicted molar refractivity (Wildman–Crippen MR) is 116 cm³/mol. The third-order valence-corrected chi connectivity index (χ3v) is 3.59. The molecular weight excluding hydrogens is 431 g/mol. The summed E-state index contributed by atoms with van der Waals surface area (Å²) in [5.41, 5.74) is 2.02. The minimum Gasteiger partial charge on any atom is -0.383 e. The largest absolute Gasteiger partial charge is 0.383 e. The Labute approximate surface area is 169 Å². The molecule has 6 nitrogen and oxygen atoms in total. The van der Waals surface area contributed by atoms with Crippen LogP contribution in [0.3, 0.4) is 0 Å². The van der Waals surface area contributed by atoms with E-state index in [1.165, 1.54) is 0 Å². The quantitative estimate of drug-likeness (QED) is 0.215. The lowest BCUT2D eigenvalue weighted by molar-refractivity contribution is 0.0268. The summed E-state index contributed by atoms with van der Waals surface area (Å²) >= 11 is 0. The highest BCUT2D eigenvalue weighted by molar-refractivity contribution is 14.0. The molecule has 0 aromatic heterocycles. The Morgan fingerprint density at radius 2 is 1.80 bits per heavy atom. The van der Waals surface area contributed by atoms with E-state index in [1.807, 2.05) is 13.8 Å². The maximum atomic E-state index is 5.42. The molecule has 0 amide bonds. The van der Waals surface area contributed by atoms with Gasteiger partial charge in [-0.25, -0.2) is 4.99 Å². The van der Waals surface area contributed by atoms with Crippen LogP contribution in [-0.2, 0) is 16.0 Å². The zero-order valence-corrected chi connectivity index (χ0v) is 18.3. The summed E-state index contributed by atoms with van der Waals surface area (Å²) in [4.78, 5) is 4.62. The van der Waals surface area contributed by atoms with Crippen molar-refractivity contribution in [3.63, 3.8) is 0 Å². The molecule has 1 rings (SSSR count). The van der Waals surface area contributed by atoms with E-state index in [9.17, 15) is 0 Å². The number of ether oxygens (including phenoxy) is 2. The van der Waals surface area contributed by atoms with Crippen molar-refractivity contribution in [2.45, 2.75) is 32.9 Å². The van der Waals surface area contributed by atoms with Gasteiger partial charge in [0.15, 0.2) is 5.96 Å². The van der Waals surface area contributed by atoms with Crippen molar-refractivity contribution in [2.24, 2.45) is 4.99 Å². The normalized spacial score (nSPS) is 11.6. The van der Waals surface area contributed by atoms with Gasteiger partial charge in [0.1, 0.15) is 0 Å². The third-order valence-electron chi connectivity index (χ3n) is 3.59. The number of hydrogen-bond acceptors (Lipinski definition) is 4. The minimum absolute atomic E-state index is 0. The Balaban J connectivity index is 0.00000576. The molecule has 0 aliphatic carbocycles. The van der Waals surface area contributed by atoms with E-state index < -0.39 is 0 Å². The molecule has 0 heterocycles. The summed E-state index contributed by atoms with van der Waals surface area (Å²) in [6.07, 6.45) is 0. The van der Waals surface area contributed by atoms with Crippen LogP contribution in [0.2, 0.25) is 0 Å². The van der Waals surface area contributed by atoms with Crippen LogP contribution in [0, 0.1) is 0 Å². The van der Waals surface area contributed by atoms with E-state index in [0.29, 0.717) is 19.7 Å². The van der Waals surface area contributed by atoms with Gasteiger partial charge >= 0.3 is 0 Å². The zero-order chi connectivity index (χ0) is 17.8. The fourth-order valence-corrected chi connectivity index (χ4v) is 1.91. The van der Waals surface area contributed by atoms with Gasteiger partial charge in [0.2, 0.25) is 0 Å². The molecular formula is C18H33IN4O2. The molecule has 7 heteroatoms. The van der Waals surface area contributed by atoms with Gasteiger partial charge in [-0.2, -0.15) is 0 Å². The molecule has 0 aliphatic heterocycles. The maximum Gasteiger partial charge on any atom is 0.191 e. The Morgan fingerprint density at radius 1 is 1.12 bits per heavy atom. The smallest absolute Gasteiger partial charge is 0.191 e. The Morgan fingerprint density at radius 3 is 2.36 bits per heavy atom. The molecule has 1 aromatic carbocycles. The molecule has 0 radical (unpaired) electrons. The van der Waals surface area contributed by atoms with E-state index >= 15 is 0 Å². The number of halogens is 1. The summed E-state index contributed by atoms with van der Waals surface area (Å²) in [6, 6.07) is 8.30. The molecule has 0 fully saturated rings. The second kappa shape index (κ2) is 13.2. The summed E-state index contributed by atoms with van der Waals surface area (Å²) in [5.74, 6) is 0.796. The van der Waals surface area contributed by atoms with Crippen LogP contribution in [0.5, 0.6) is 0 Å². The predicted octanol–water partition coefficient (Wildman–Crippen LogP) is 2.84. The molecule has 0 aliphatic rings. The highest BCUT2D eigenvalue weighted by Gasteiger charge is 2.16. The maximum absolute atomic E-state index is 5.42. The zero-order valence-electron chi connectivity index (χ0n) is 16.0. The summed E-state index contributed by atoms with van der Waals surface area (Å²) in [6.45, 7) is 9.77. The minimum atomic E-state index is -0.230. The molecule has 0 atom stereocenters. The second-order valence-electron chi connectivity index (χ2n) is 6.13. The van der Waals surface area contributed by atoms with Crippen molar-refractivity contribution >= 4 is 35.6 Å². The fraction of sp³-hybridized carbons (Fsp3) is 0.611. The third kappa shape index (κ3) is 10.5. The van der Waals surface area contributed by atoms with Crippen molar-refractivity contribution in [1.29, 1.82) is 0 Å². The summed E-state index contributed by atoms with van der Waals surface area (Å²) in [7, 11) is 3.42. The van der Waals surface area contributed by atoms with Crippen molar-refractivity contribution in [3.05, 3.63) is 29.8 Å². The lowest BCUT2D eigenvalue weighted by atomic mass is 10.1. The number of guanidine groups is 1. The molecule has 144 valence electrons. The fourth-order valence-electron chi connectivity index (χ4n) is 1.91. The van der Waals surface area contributed by atoms with Crippen molar-refractivity contribution in [2.75, 3.05) is 45.8 Å². The number of nitrogens with one attached hydrogen (secondary N) is 3. The highest BCUT2D eigenvalue weighted by atomic mass is 127. The molecule has 0 saturated heterocycles. The lowest BCUT2D eigenvalue weighted by Crippen LogP contribution is -2.45. The molecule has 0 bridgehead atoms. The van der Waals surface area contributed by atoms with E-state index in [1.54, 1.807) is 14.2 Å². The first-order valence-electron chi connectivity index (χ1n) is 8.40. The first-order chi connectivity index (χ1) is 11.5. The molecule has 0 spiro atoms. The summed E-state index contributed by atoms with van der Waals surface area (Å²) < 4.78 is 10.4. The van der Waals surface area contributed by atoms with Crippen LogP contribution >= 0.6 is 24.0 Å². The number of methoxy groups -OCH3 is 2. The Hall–Kier alpha value is -1.06. The van der Waals surface area contributed by atoms with Gasteiger partial charge in [0, 0.05) is 39.5 Å². The van der Waals surface area contributed by atoms with E-state index in [0.717, 1.165) is 30.3 Å². The molecule has 3 N–H and O–H groups in total. The van der Waals surface area contributed by atoms with Crippen LogP contribution in [0.4, 0.5) is 5.69 Å². The Kier molecular flexibility index (Phi) is 12.6. The van der Waals surface area contributed by atoms with Crippen LogP contribution in [0.25, 0.3) is 0 Å². The first-order valence-corrected chi connectivity index (χ1v) is 8.40. The van der Waals surface area contributed by atoms with Crippen LogP contribution in [0.15, 0.2) is 29.3 Å². The van der Waals surface area contributed by atoms with E-state index in [2.05, 4.69) is 52.1 Å². The van der Waals surface area contributed by atoms with E-state index in [-0.39, 0.29) is 29.6 Å². The second-order valence-corrected chi connectivity index (χ2v) is 6.13. The van der Waals surface area contributed by atoms with Crippen LogP contribution in [0.1, 0.15) is 26.3 Å². The number of anilines is 1. The highest BCUT2D eigenvalue weighted by Crippen LogP contribution is 2.10. The molecule has 0 saturated carbocycles. The van der Waals surface area contributed by atoms with Crippen molar-refractivity contribution in [1.82, 2.24) is 10.6 Å². The van der Waals surface area contributed by atoms with Gasteiger partial charge in [-0.05, 0) is 38.5 Å². The van der Waals surface area contributed by atoms with Crippen LogP contribution in [-0.4, -0.2) is 52.0 Å². The lowest BCUT2D eigenvalue weighted by Gasteiger charge is -2.24. The molecule has 0 unspecified atom stereocenters. The number of nitrogens with zero attached hydrogens (tertiary/aromatic N) is 1. The molecule has 25 heavy (non-hydrogen) atoms. The van der Waals surface area contributed by atoms with Crippen molar-refractivity contribution < 1.29 is 9.47 Å². The molecule has 1 aromatic rings. The standard InChI is InChI=1S/C18H32N4O2.HI/c1-6-19-17(22-14-18(2,3)24-5)21-13-15-7-9-16(10-8-15)20-11-12-23-4;/h7-10,20H,6,11-14H2,1-5H3,(H2,19,21,22);1H. The average molecular weight is 464 g/mol. The number of benzene rings is 1. The van der Waals surface area contributed by atoms with Gasteiger partial charge < -0.3 is 25.4 Å². The topological polar surface area (TPSA) is 66.9 Å². The van der Waals surface area contributed by atoms with E-state index in [4.69, 9.17) is 9.47 Å². The number of hydrogen-bond donors (Lipinski definition) is 3.